The van der Waals surface area contributed by atoms with Crippen LogP contribution in [-0.2, 0) is 26.0 Å². The van der Waals surface area contributed by atoms with Gasteiger partial charge in [-0.15, -0.1) is 0 Å². The van der Waals surface area contributed by atoms with Crippen molar-refractivity contribution in [1.82, 2.24) is 9.62 Å². The van der Waals surface area contributed by atoms with E-state index < -0.39 is 39.5 Å². The van der Waals surface area contributed by atoms with E-state index in [1.54, 1.807) is 18.2 Å². The number of carboxylic acid groups (broad SMARTS) is 1. The summed E-state index contributed by atoms with van der Waals surface area (Å²) in [6.07, 6.45) is -1.26. The van der Waals surface area contributed by atoms with Crippen molar-refractivity contribution >= 4 is 21.9 Å². The van der Waals surface area contributed by atoms with Crippen LogP contribution in [0.15, 0.2) is 65.6 Å². The van der Waals surface area contributed by atoms with Gasteiger partial charge in [-0.2, -0.15) is 4.31 Å². The van der Waals surface area contributed by atoms with Gasteiger partial charge in [0.25, 0.3) is 0 Å². The maximum Gasteiger partial charge on any atom is 0.309 e. The number of aliphatic carboxylic acids is 1. The van der Waals surface area contributed by atoms with Gasteiger partial charge in [0, 0.05) is 19.5 Å². The molecule has 0 radical (unpaired) electrons. The molecule has 0 bridgehead atoms. The summed E-state index contributed by atoms with van der Waals surface area (Å²) in [6.45, 7) is 10.6. The molecular weight excluding hydrogens is 492 g/mol. The number of aliphatic hydroxyl groups is 1. The Labute approximate surface area is 221 Å². The minimum atomic E-state index is -3.88. The van der Waals surface area contributed by atoms with Gasteiger partial charge in [0.05, 0.1) is 22.5 Å². The average Bonchev–Trinajstić information content (AvgIpc) is 2.85. The van der Waals surface area contributed by atoms with Gasteiger partial charge in [0.2, 0.25) is 15.9 Å². The highest BCUT2D eigenvalue weighted by atomic mass is 32.2. The Hall–Kier alpha value is -2.75. The molecule has 2 rings (SSSR count). The van der Waals surface area contributed by atoms with Crippen LogP contribution in [0.4, 0.5) is 0 Å². The van der Waals surface area contributed by atoms with Crippen molar-refractivity contribution in [3.63, 3.8) is 0 Å². The predicted molar refractivity (Wildman–Crippen MR) is 146 cm³/mol. The monoisotopic (exact) mass is 534 g/mol. The molecule has 0 saturated heterocycles. The van der Waals surface area contributed by atoms with Crippen molar-refractivity contribution in [3.8, 4) is 0 Å². The van der Waals surface area contributed by atoms with Gasteiger partial charge in [0.1, 0.15) is 0 Å². The van der Waals surface area contributed by atoms with Gasteiger partial charge >= 0.3 is 5.97 Å². The molecule has 37 heavy (non-hydrogen) atoms. The Bertz CT molecular complexity index is 1070. The summed E-state index contributed by atoms with van der Waals surface area (Å²) in [4.78, 5) is 24.3. The van der Waals surface area contributed by atoms with Crippen molar-refractivity contribution < 1.29 is 28.2 Å². The van der Waals surface area contributed by atoms with Crippen LogP contribution in [0, 0.1) is 11.3 Å². The highest BCUT2D eigenvalue weighted by Gasteiger charge is 2.34. The van der Waals surface area contributed by atoms with Crippen LogP contribution in [-0.4, -0.2) is 60.0 Å². The number of rotatable bonds is 13. The van der Waals surface area contributed by atoms with Gasteiger partial charge < -0.3 is 15.5 Å². The second-order valence-electron chi connectivity index (χ2n) is 9.83. The van der Waals surface area contributed by atoms with E-state index in [0.717, 1.165) is 5.56 Å². The molecule has 3 N–H and O–H groups in total. The fraction of sp³-hybridized carbons (Fsp3) is 0.500. The minimum Gasteiger partial charge on any atom is -0.481 e. The zero-order chi connectivity index (χ0) is 28.2. The van der Waals surface area contributed by atoms with Crippen molar-refractivity contribution in [2.75, 3.05) is 13.1 Å². The fourth-order valence-electron chi connectivity index (χ4n) is 3.64. The Morgan fingerprint density at radius 2 is 1.46 bits per heavy atom. The Kier molecular flexibility index (Phi) is 13.0. The molecule has 0 aliphatic rings. The van der Waals surface area contributed by atoms with Crippen LogP contribution in [0.3, 0.4) is 0 Å². The lowest BCUT2D eigenvalue weighted by Gasteiger charge is -2.31. The number of hydrogen-bond donors (Lipinski definition) is 3. The molecule has 0 aromatic heterocycles. The van der Waals surface area contributed by atoms with Crippen LogP contribution in [0.25, 0.3) is 0 Å². The van der Waals surface area contributed by atoms with Crippen LogP contribution in [0.1, 0.15) is 53.5 Å². The van der Waals surface area contributed by atoms with E-state index in [2.05, 4.69) is 5.32 Å². The summed E-state index contributed by atoms with van der Waals surface area (Å²) in [7, 11) is -3.88. The molecule has 2 atom stereocenters. The fourth-order valence-corrected chi connectivity index (χ4v) is 5.28. The number of carboxylic acids is 1. The zero-order valence-corrected chi connectivity index (χ0v) is 23.5. The van der Waals surface area contributed by atoms with E-state index in [4.69, 9.17) is 0 Å². The first-order valence-corrected chi connectivity index (χ1v) is 14.1. The first-order chi connectivity index (χ1) is 17.3. The molecule has 9 heteroatoms. The van der Waals surface area contributed by atoms with Crippen molar-refractivity contribution in [2.24, 2.45) is 11.3 Å². The third-order valence-electron chi connectivity index (χ3n) is 5.63. The van der Waals surface area contributed by atoms with Gasteiger partial charge in [-0.1, -0.05) is 76.2 Å². The number of hydrogen-bond acceptors (Lipinski definition) is 5. The minimum absolute atomic E-state index is 0.000725. The lowest BCUT2D eigenvalue weighted by atomic mass is 9.89. The van der Waals surface area contributed by atoms with Crippen molar-refractivity contribution in [3.05, 3.63) is 66.2 Å². The number of nitrogens with one attached hydrogen (secondary N) is 1. The maximum absolute atomic E-state index is 13.3. The van der Waals surface area contributed by atoms with E-state index in [0.29, 0.717) is 0 Å². The summed E-state index contributed by atoms with van der Waals surface area (Å²) in [6, 6.07) is 16.4. The third kappa shape index (κ3) is 10.3. The van der Waals surface area contributed by atoms with Crippen LogP contribution in [0.5, 0.6) is 0 Å². The Morgan fingerprint density at radius 3 is 1.95 bits per heavy atom. The molecule has 206 valence electrons. The number of carbonyl (C=O) groups excluding carboxylic acids is 1. The first-order valence-electron chi connectivity index (χ1n) is 12.6. The second kappa shape index (κ2) is 14.9. The summed E-state index contributed by atoms with van der Waals surface area (Å²) in [5.74, 6) is -1.64. The molecule has 8 nitrogen and oxygen atoms in total. The van der Waals surface area contributed by atoms with Crippen molar-refractivity contribution in [1.29, 1.82) is 0 Å². The summed E-state index contributed by atoms with van der Waals surface area (Å²) < 4.78 is 27.9. The van der Waals surface area contributed by atoms with E-state index >= 15 is 0 Å². The number of sulfonamides is 1. The number of benzene rings is 2. The molecule has 0 spiro atoms. The van der Waals surface area contributed by atoms with E-state index in [1.165, 1.54) is 30.3 Å². The molecule has 0 heterocycles. The predicted octanol–water partition coefficient (Wildman–Crippen LogP) is 3.95. The molecule has 0 saturated carbocycles. The normalized spacial score (nSPS) is 13.4. The molecule has 1 amide bonds. The number of carbonyl (C=O) groups is 2. The summed E-state index contributed by atoms with van der Waals surface area (Å²) >= 11 is 0. The second-order valence-corrected chi connectivity index (χ2v) is 11.8. The van der Waals surface area contributed by atoms with Crippen LogP contribution in [0.2, 0.25) is 0 Å². The van der Waals surface area contributed by atoms with Gasteiger partial charge in [-0.3, -0.25) is 9.59 Å². The largest absolute Gasteiger partial charge is 0.481 e. The number of nitrogens with zero attached hydrogens (tertiary/aromatic N) is 1. The molecule has 0 aliphatic heterocycles. The molecule has 0 unspecified atom stereocenters. The zero-order valence-electron chi connectivity index (χ0n) is 22.7. The highest BCUT2D eigenvalue weighted by Crippen LogP contribution is 2.22. The van der Waals surface area contributed by atoms with Gasteiger partial charge in [0.15, 0.2) is 0 Å². The van der Waals surface area contributed by atoms with E-state index in [-0.39, 0.29) is 36.7 Å². The Morgan fingerprint density at radius 1 is 0.946 bits per heavy atom. The standard InChI is InChI=1S/C26H36N2O6S.C2H6/c1-19(2)17-28(35(33,34)21-13-9-6-10-14-21)18-23(29)22(15-20-11-7-5-8-12-20)27-24(30)16-26(3,4)25(31)32;1-2/h5-14,19,22-23,29H,15-18H2,1-4H3,(H,27,30)(H,31,32);1-2H3/t22-,23+;/m0./s1. The van der Waals surface area contributed by atoms with Crippen LogP contribution >= 0.6 is 0 Å². The lowest BCUT2D eigenvalue weighted by molar-refractivity contribution is -0.149. The van der Waals surface area contributed by atoms with Gasteiger partial charge in [-0.05, 0) is 43.9 Å². The molecule has 2 aromatic rings. The van der Waals surface area contributed by atoms with E-state index in [9.17, 15) is 28.2 Å². The molecule has 2 aromatic carbocycles. The van der Waals surface area contributed by atoms with E-state index in [1.807, 2.05) is 58.0 Å². The smallest absolute Gasteiger partial charge is 0.309 e. The average molecular weight is 535 g/mol. The SMILES string of the molecule is CC.CC(C)CN(C[C@@H](O)[C@H](Cc1ccccc1)NC(=O)CC(C)(C)C(=O)O)S(=O)(=O)c1ccccc1. The number of amides is 1. The molecule has 0 aliphatic carbocycles. The maximum atomic E-state index is 13.3. The van der Waals surface area contributed by atoms with Crippen LogP contribution < -0.4 is 5.32 Å². The topological polar surface area (TPSA) is 124 Å². The molecular formula is C28H42N2O6S. The molecule has 0 fully saturated rings. The highest BCUT2D eigenvalue weighted by molar-refractivity contribution is 7.89. The van der Waals surface area contributed by atoms with Crippen molar-refractivity contribution in [2.45, 2.75) is 71.4 Å². The quantitative estimate of drug-likeness (QED) is 0.358. The Balaban J connectivity index is 0.00000334. The number of aliphatic hydroxyl groups excluding tert-OH is 1. The summed E-state index contributed by atoms with van der Waals surface area (Å²) in [5, 5.41) is 23.3. The van der Waals surface area contributed by atoms with Gasteiger partial charge in [-0.25, -0.2) is 8.42 Å². The first kappa shape index (κ1) is 32.3. The third-order valence-corrected chi connectivity index (χ3v) is 7.48. The lowest BCUT2D eigenvalue weighted by Crippen LogP contribution is -2.51. The summed E-state index contributed by atoms with van der Waals surface area (Å²) in [5.41, 5.74) is -0.442.